The summed E-state index contributed by atoms with van der Waals surface area (Å²) >= 11 is 0. The topological polar surface area (TPSA) is 135 Å². The van der Waals surface area contributed by atoms with Crippen LogP contribution in [0, 0.1) is 5.92 Å². The summed E-state index contributed by atoms with van der Waals surface area (Å²) < 4.78 is 16.8. The number of rotatable bonds is 14. The number of carbonyl (C=O) groups is 3. The Hall–Kier alpha value is -3.83. The van der Waals surface area contributed by atoms with Gasteiger partial charge in [0.2, 0.25) is 24.4 Å². The number of hydrogen-bond donors (Lipinski definition) is 2. The number of carboxylic acid groups (broad SMARTS) is 1. The molecule has 3 aliphatic heterocycles. The van der Waals surface area contributed by atoms with E-state index in [1.54, 1.807) is 4.90 Å². The van der Waals surface area contributed by atoms with Crippen molar-refractivity contribution < 1.29 is 33.7 Å². The zero-order chi connectivity index (χ0) is 30.5. The quantitative estimate of drug-likeness (QED) is 0.339. The fraction of sp³-hybridized carbons (Fsp3) is 0.531. The van der Waals surface area contributed by atoms with Crippen LogP contribution in [0.15, 0.2) is 36.4 Å². The lowest BCUT2D eigenvalue weighted by atomic mass is 9.84. The van der Waals surface area contributed by atoms with Crippen molar-refractivity contribution in [3.63, 3.8) is 0 Å². The first-order valence-corrected chi connectivity index (χ1v) is 15.2. The summed E-state index contributed by atoms with van der Waals surface area (Å²) in [7, 11) is 1.54. The number of hydrogen-bond acceptors (Lipinski definition) is 8. The zero-order valence-corrected chi connectivity index (χ0v) is 25.0. The molecule has 3 aliphatic rings. The van der Waals surface area contributed by atoms with Gasteiger partial charge in [-0.05, 0) is 55.1 Å². The van der Waals surface area contributed by atoms with Gasteiger partial charge in [-0.3, -0.25) is 19.3 Å². The maximum Gasteiger partial charge on any atom is 0.308 e. The number of nitrogens with zero attached hydrogens (tertiary/aromatic N) is 3. The van der Waals surface area contributed by atoms with Crippen LogP contribution in [0.25, 0.3) is 0 Å². The number of amides is 2. The SMILES string of the molecule is CCCCN(CCCN)C(=O)CN1C[C@H](c2cc(OC)c3c(c2)OCO3)[C@@H](C(=O)O)[C@@H]1CCN1C(=O)Cc2ccccc21. The Bertz CT molecular complexity index is 1330. The van der Waals surface area contributed by atoms with E-state index in [1.807, 2.05) is 46.2 Å². The summed E-state index contributed by atoms with van der Waals surface area (Å²) in [5, 5.41) is 10.6. The standard InChI is InChI=1S/C32H42N4O7/c1-3-4-12-34(13-7-11-33)29(38)19-35-18-23(22-15-26(41-2)31-27(16-22)42-20-43-31)30(32(39)40)25(35)10-14-36-24-9-6-5-8-21(24)17-28(36)37/h5-6,8-9,15-16,23,25,30H,3-4,7,10-14,17-20,33H2,1-2H3,(H,39,40)/t23-,25+,30-/m1/s1. The average Bonchev–Trinajstić information content (AvgIpc) is 3.70. The number of anilines is 1. The first-order valence-electron chi connectivity index (χ1n) is 15.2. The second-order valence-electron chi connectivity index (χ2n) is 11.4. The van der Waals surface area contributed by atoms with Crippen molar-refractivity contribution >= 4 is 23.5 Å². The highest BCUT2D eigenvalue weighted by Gasteiger charge is 2.48. The molecule has 5 rings (SSSR count). The molecule has 0 aliphatic carbocycles. The molecule has 0 aromatic heterocycles. The molecule has 2 aromatic rings. The van der Waals surface area contributed by atoms with E-state index in [2.05, 4.69) is 6.92 Å². The number of carboxylic acids is 1. The molecular formula is C32H42N4O7. The van der Waals surface area contributed by atoms with Crippen molar-refractivity contribution in [1.29, 1.82) is 0 Å². The van der Waals surface area contributed by atoms with E-state index in [4.69, 9.17) is 19.9 Å². The van der Waals surface area contributed by atoms with Crippen molar-refractivity contribution in [2.24, 2.45) is 11.7 Å². The minimum Gasteiger partial charge on any atom is -0.493 e. The van der Waals surface area contributed by atoms with Crippen LogP contribution in [0.1, 0.15) is 49.7 Å². The summed E-state index contributed by atoms with van der Waals surface area (Å²) in [6.07, 6.45) is 3.28. The number of methoxy groups -OCH3 is 1. The molecule has 1 fully saturated rings. The van der Waals surface area contributed by atoms with E-state index >= 15 is 0 Å². The van der Waals surface area contributed by atoms with Gasteiger partial charge in [0.25, 0.3) is 0 Å². The first kappa shape index (κ1) is 30.6. The van der Waals surface area contributed by atoms with E-state index in [9.17, 15) is 19.5 Å². The Balaban J connectivity index is 1.45. The molecule has 0 saturated carbocycles. The third kappa shape index (κ3) is 6.42. The van der Waals surface area contributed by atoms with Crippen LogP contribution in [0.5, 0.6) is 17.2 Å². The summed E-state index contributed by atoms with van der Waals surface area (Å²) in [5.74, 6) is -0.755. The van der Waals surface area contributed by atoms with Gasteiger partial charge in [0, 0.05) is 43.8 Å². The summed E-state index contributed by atoms with van der Waals surface area (Å²) in [4.78, 5) is 45.2. The fourth-order valence-electron chi connectivity index (χ4n) is 6.64. The second kappa shape index (κ2) is 13.6. The number of benzene rings is 2. The summed E-state index contributed by atoms with van der Waals surface area (Å²) in [6.45, 7) is 4.65. The molecule has 0 unspecified atom stereocenters. The van der Waals surface area contributed by atoms with Gasteiger partial charge in [-0.25, -0.2) is 0 Å². The van der Waals surface area contributed by atoms with Gasteiger partial charge in [-0.15, -0.1) is 0 Å². The van der Waals surface area contributed by atoms with Crippen molar-refractivity contribution in [3.05, 3.63) is 47.5 Å². The van der Waals surface area contributed by atoms with Crippen molar-refractivity contribution in [1.82, 2.24) is 9.80 Å². The van der Waals surface area contributed by atoms with Gasteiger partial charge >= 0.3 is 5.97 Å². The highest BCUT2D eigenvalue weighted by molar-refractivity contribution is 6.01. The highest BCUT2D eigenvalue weighted by Crippen LogP contribution is 2.47. The Labute approximate surface area is 252 Å². The molecule has 2 aromatic carbocycles. The lowest BCUT2D eigenvalue weighted by molar-refractivity contribution is -0.143. The summed E-state index contributed by atoms with van der Waals surface area (Å²) in [5.41, 5.74) is 8.34. The molecule has 3 heterocycles. The zero-order valence-electron chi connectivity index (χ0n) is 25.0. The molecule has 3 N–H and O–H groups in total. The Morgan fingerprint density at radius 2 is 1.95 bits per heavy atom. The predicted octanol–water partition coefficient (Wildman–Crippen LogP) is 2.85. The van der Waals surface area contributed by atoms with Gasteiger partial charge in [0.15, 0.2) is 11.5 Å². The van der Waals surface area contributed by atoms with Gasteiger partial charge in [0.05, 0.1) is 26.0 Å². The smallest absolute Gasteiger partial charge is 0.308 e. The number of nitrogens with two attached hydrogens (primary N) is 1. The van der Waals surface area contributed by atoms with Crippen LogP contribution >= 0.6 is 0 Å². The van der Waals surface area contributed by atoms with Crippen molar-refractivity contribution in [2.75, 3.05) is 58.1 Å². The number of para-hydroxylation sites is 1. The Kier molecular flexibility index (Phi) is 9.72. The largest absolute Gasteiger partial charge is 0.493 e. The monoisotopic (exact) mass is 594 g/mol. The predicted molar refractivity (Wildman–Crippen MR) is 161 cm³/mol. The van der Waals surface area contributed by atoms with Crippen molar-refractivity contribution in [2.45, 2.75) is 51.0 Å². The van der Waals surface area contributed by atoms with E-state index < -0.39 is 23.8 Å². The van der Waals surface area contributed by atoms with E-state index in [0.29, 0.717) is 69.2 Å². The van der Waals surface area contributed by atoms with Crippen LogP contribution in [0.3, 0.4) is 0 Å². The van der Waals surface area contributed by atoms with Gasteiger partial charge < -0.3 is 34.9 Å². The van der Waals surface area contributed by atoms with Crippen LogP contribution < -0.4 is 24.8 Å². The number of unbranched alkanes of at least 4 members (excludes halogenated alkanes) is 1. The normalized spacial score (nSPS) is 20.9. The second-order valence-corrected chi connectivity index (χ2v) is 11.4. The molecule has 43 heavy (non-hydrogen) atoms. The number of carbonyl (C=O) groups excluding carboxylic acids is 2. The van der Waals surface area contributed by atoms with Crippen LogP contribution in [-0.2, 0) is 20.8 Å². The maximum atomic E-state index is 13.7. The lowest BCUT2D eigenvalue weighted by Gasteiger charge is -2.31. The average molecular weight is 595 g/mol. The van der Waals surface area contributed by atoms with Crippen LogP contribution in [0.4, 0.5) is 5.69 Å². The Morgan fingerprint density at radius 3 is 2.70 bits per heavy atom. The molecule has 11 heteroatoms. The van der Waals surface area contributed by atoms with Crippen LogP contribution in [-0.4, -0.2) is 91.9 Å². The van der Waals surface area contributed by atoms with Gasteiger partial charge in [0.1, 0.15) is 0 Å². The van der Waals surface area contributed by atoms with Crippen LogP contribution in [0.2, 0.25) is 0 Å². The van der Waals surface area contributed by atoms with Crippen molar-refractivity contribution in [3.8, 4) is 17.2 Å². The highest BCUT2D eigenvalue weighted by atomic mass is 16.7. The lowest BCUT2D eigenvalue weighted by Crippen LogP contribution is -2.46. The molecule has 0 radical (unpaired) electrons. The van der Waals surface area contributed by atoms with E-state index in [1.165, 1.54) is 7.11 Å². The molecule has 232 valence electrons. The fourth-order valence-corrected chi connectivity index (χ4v) is 6.64. The first-order chi connectivity index (χ1) is 20.9. The summed E-state index contributed by atoms with van der Waals surface area (Å²) in [6, 6.07) is 10.8. The molecule has 2 amide bonds. The van der Waals surface area contributed by atoms with E-state index in [-0.39, 0.29) is 25.2 Å². The number of aliphatic carboxylic acids is 1. The molecular weight excluding hydrogens is 552 g/mol. The van der Waals surface area contributed by atoms with Gasteiger partial charge in [-0.1, -0.05) is 31.5 Å². The Morgan fingerprint density at radius 1 is 1.16 bits per heavy atom. The maximum absolute atomic E-state index is 13.7. The number of likely N-dealkylation sites (tertiary alicyclic amines) is 1. The van der Waals surface area contributed by atoms with E-state index in [0.717, 1.165) is 29.7 Å². The number of fused-ring (bicyclic) bond motifs is 2. The third-order valence-corrected chi connectivity index (χ3v) is 8.82. The molecule has 0 bridgehead atoms. The number of ether oxygens (including phenoxy) is 3. The molecule has 0 spiro atoms. The molecule has 3 atom stereocenters. The molecule has 1 saturated heterocycles. The minimum absolute atomic E-state index is 0.00159. The third-order valence-electron chi connectivity index (χ3n) is 8.82. The minimum atomic E-state index is -0.944. The van der Waals surface area contributed by atoms with Gasteiger partial charge in [-0.2, -0.15) is 0 Å². The molecule has 11 nitrogen and oxygen atoms in total.